The summed E-state index contributed by atoms with van der Waals surface area (Å²) >= 11 is 0. The second kappa shape index (κ2) is 33.4. The summed E-state index contributed by atoms with van der Waals surface area (Å²) in [5, 5.41) is 50.0. The number of methoxy groups -OCH3 is 3. The van der Waals surface area contributed by atoms with Gasteiger partial charge in [-0.15, -0.1) is 0 Å². The van der Waals surface area contributed by atoms with Crippen LogP contribution in [0.25, 0.3) is 0 Å². The van der Waals surface area contributed by atoms with Gasteiger partial charge >= 0.3 is 18.3 Å². The Balaban J connectivity index is 1.76. The highest BCUT2D eigenvalue weighted by Gasteiger charge is 2.53. The van der Waals surface area contributed by atoms with E-state index in [2.05, 4.69) is 0 Å². The van der Waals surface area contributed by atoms with E-state index in [1.807, 2.05) is 51.2 Å². The van der Waals surface area contributed by atoms with Gasteiger partial charge in [-0.3, -0.25) is 19.2 Å². The first-order chi connectivity index (χ1) is 38.4. The summed E-state index contributed by atoms with van der Waals surface area (Å²) < 4.78 is 51.1. The number of nitrogens with zero attached hydrogens (tertiary/aromatic N) is 1. The highest BCUT2D eigenvalue weighted by Crippen LogP contribution is 2.38. The van der Waals surface area contributed by atoms with Crippen molar-refractivity contribution in [1.29, 1.82) is 0 Å². The van der Waals surface area contributed by atoms with Crippen molar-refractivity contribution in [3.8, 4) is 0 Å². The summed E-state index contributed by atoms with van der Waals surface area (Å²) in [7, 11) is 4.29. The van der Waals surface area contributed by atoms with E-state index in [0.717, 1.165) is 10.5 Å². The minimum absolute atomic E-state index is 0.00232. The number of rotatable bonds is 14. The predicted octanol–water partition coefficient (Wildman–Crippen LogP) is 5.21. The Morgan fingerprint density at radius 1 is 0.765 bits per heavy atom. The van der Waals surface area contributed by atoms with Crippen molar-refractivity contribution in [2.75, 3.05) is 54.3 Å². The maximum Gasteiger partial charge on any atom is 0.509 e. The molecule has 22 nitrogen and oxygen atoms in total. The van der Waals surface area contributed by atoms with E-state index in [-0.39, 0.29) is 43.2 Å². The molecule has 81 heavy (non-hydrogen) atoms. The molecule has 0 spiro atoms. The molecule has 3 fully saturated rings. The van der Waals surface area contributed by atoms with Gasteiger partial charge in [0.25, 0.3) is 11.7 Å². The SMILES string of the molecule is CO[C@H]1CC2CC[C@@H](C)[C@@](O)(O2)C(=O)C(=O)N2CCCCC2C(=O)O[C@H]([C@H](C)C[C@@H]2CC[C@@H](OC(=O)OCC(O)CO)[C@H](OC)C2)CC(=O)[C@H](C)C=C(C)[C@@H](OC(=O)OCC(O)CO)[C@@H](OC)C(=O)[C@H](C)C[C@H](C)C=CC=CC=C1C. The number of carbonyl (C=O) groups is 7. The number of hydrogen-bond acceptors (Lipinski definition) is 21. The van der Waals surface area contributed by atoms with Crippen LogP contribution >= 0.6 is 0 Å². The topological polar surface area (TPSA) is 307 Å². The lowest BCUT2D eigenvalue weighted by molar-refractivity contribution is -0.265. The van der Waals surface area contributed by atoms with Gasteiger partial charge in [-0.05, 0) is 107 Å². The smallest absolute Gasteiger partial charge is 0.460 e. The average molecular weight is 1150 g/mol. The molecule has 0 aromatic rings. The van der Waals surface area contributed by atoms with Gasteiger partial charge < -0.3 is 73.1 Å². The number of amides is 1. The highest BCUT2D eigenvalue weighted by molar-refractivity contribution is 6.39. The molecule has 0 aromatic heterocycles. The van der Waals surface area contributed by atoms with E-state index in [0.29, 0.717) is 57.8 Å². The number of esters is 1. The summed E-state index contributed by atoms with van der Waals surface area (Å²) in [6.07, 6.45) is 3.14. The van der Waals surface area contributed by atoms with Gasteiger partial charge in [0.05, 0.1) is 31.5 Å². The van der Waals surface area contributed by atoms with Crippen LogP contribution in [0, 0.1) is 35.5 Å². The number of ketones is 3. The quantitative estimate of drug-likeness (QED) is 0.0645. The molecule has 1 amide bonds. The fraction of sp³-hybridized carbons (Fsp3) is 0.746. The van der Waals surface area contributed by atoms with Crippen LogP contribution in [0.4, 0.5) is 9.59 Å². The van der Waals surface area contributed by atoms with Crippen molar-refractivity contribution >= 4 is 41.5 Å². The van der Waals surface area contributed by atoms with Crippen LogP contribution in [0.5, 0.6) is 0 Å². The number of fused-ring (bicyclic) bond motifs is 3. The van der Waals surface area contributed by atoms with Crippen LogP contribution in [0.2, 0.25) is 0 Å². The fourth-order valence-electron chi connectivity index (χ4n) is 11.1. The zero-order valence-electron chi connectivity index (χ0n) is 48.9. The third kappa shape index (κ3) is 20.2. The number of carbonyl (C=O) groups excluding carboxylic acids is 7. The van der Waals surface area contributed by atoms with Crippen LogP contribution in [-0.2, 0) is 66.6 Å². The first-order valence-corrected chi connectivity index (χ1v) is 28.5. The van der Waals surface area contributed by atoms with E-state index in [4.69, 9.17) is 47.7 Å². The van der Waals surface area contributed by atoms with Gasteiger partial charge in [0.1, 0.15) is 49.5 Å². The number of ether oxygens (including phenoxy) is 9. The Morgan fingerprint density at radius 3 is 2.06 bits per heavy atom. The Kier molecular flexibility index (Phi) is 28.3. The van der Waals surface area contributed by atoms with Crippen molar-refractivity contribution in [2.24, 2.45) is 35.5 Å². The van der Waals surface area contributed by atoms with Gasteiger partial charge in [-0.1, -0.05) is 71.1 Å². The molecule has 1 aliphatic carbocycles. The molecule has 4 rings (SSSR count). The van der Waals surface area contributed by atoms with Gasteiger partial charge in [-0.2, -0.15) is 0 Å². The molecule has 0 aromatic carbocycles. The molecule has 3 heterocycles. The largest absolute Gasteiger partial charge is 0.509 e. The molecule has 0 radical (unpaired) electrons. The first kappa shape index (κ1) is 68.6. The van der Waals surface area contributed by atoms with E-state index in [1.165, 1.54) is 27.4 Å². The maximum absolute atomic E-state index is 14.7. The van der Waals surface area contributed by atoms with Crippen molar-refractivity contribution in [1.82, 2.24) is 4.90 Å². The molecule has 2 saturated heterocycles. The lowest BCUT2D eigenvalue weighted by Gasteiger charge is -2.42. The van der Waals surface area contributed by atoms with Crippen molar-refractivity contribution in [3.05, 3.63) is 47.6 Å². The molecule has 5 N–H and O–H groups in total. The Labute approximate surface area is 476 Å². The van der Waals surface area contributed by atoms with Crippen LogP contribution in [-0.4, -0.2) is 193 Å². The molecule has 1 saturated carbocycles. The molecular weight excluding hydrogens is 1060 g/mol. The number of hydrogen-bond donors (Lipinski definition) is 5. The van der Waals surface area contributed by atoms with E-state index < -0.39 is 158 Å². The Bertz CT molecular complexity index is 2210. The van der Waals surface area contributed by atoms with Gasteiger partial charge in [0.2, 0.25) is 5.79 Å². The molecule has 22 heteroatoms. The van der Waals surface area contributed by atoms with Gasteiger partial charge in [0.15, 0.2) is 18.0 Å². The average Bonchev–Trinajstić information content (AvgIpc) is 3.45. The number of Topliss-reactive ketones (excluding diaryl/α,β-unsaturated/α-hetero) is 3. The van der Waals surface area contributed by atoms with E-state index >= 15 is 0 Å². The molecule has 4 aliphatic rings. The normalized spacial score (nSPS) is 33.2. The van der Waals surface area contributed by atoms with E-state index in [1.54, 1.807) is 27.7 Å². The summed E-state index contributed by atoms with van der Waals surface area (Å²) in [5.74, 6) is -9.68. The number of aliphatic hydroxyl groups is 5. The Hall–Kier alpha value is -4.91. The van der Waals surface area contributed by atoms with Crippen LogP contribution in [0.3, 0.4) is 0 Å². The van der Waals surface area contributed by atoms with Gasteiger partial charge in [0, 0.05) is 58.5 Å². The van der Waals surface area contributed by atoms with Crippen LogP contribution < -0.4 is 0 Å². The molecular formula is C59H91NO21. The second-order valence-electron chi connectivity index (χ2n) is 22.6. The van der Waals surface area contributed by atoms with Crippen LogP contribution in [0.15, 0.2) is 47.6 Å². The number of allylic oxidation sites excluding steroid dienone is 6. The first-order valence-electron chi connectivity index (χ1n) is 28.5. The molecule has 17 atom stereocenters. The predicted molar refractivity (Wildman–Crippen MR) is 292 cm³/mol. The number of piperidine rings is 1. The molecule has 458 valence electrons. The zero-order chi connectivity index (χ0) is 60.1. The number of cyclic esters (lactones) is 1. The summed E-state index contributed by atoms with van der Waals surface area (Å²) in [6, 6.07) is -1.27. The Morgan fingerprint density at radius 2 is 1.43 bits per heavy atom. The summed E-state index contributed by atoms with van der Waals surface area (Å²) in [6.45, 7) is 9.71. The van der Waals surface area contributed by atoms with Crippen LogP contribution in [0.1, 0.15) is 126 Å². The molecule has 4 unspecified atom stereocenters. The van der Waals surface area contributed by atoms with Crippen molar-refractivity contribution in [2.45, 2.75) is 192 Å². The number of aliphatic hydroxyl groups excluding tert-OH is 4. The lowest BCUT2D eigenvalue weighted by Crippen LogP contribution is -2.61. The third-order valence-electron chi connectivity index (χ3n) is 16.1. The summed E-state index contributed by atoms with van der Waals surface area (Å²) in [5.41, 5.74) is 1.05. The van der Waals surface area contributed by atoms with E-state index in [9.17, 15) is 54.0 Å². The maximum atomic E-state index is 14.7. The molecule has 2 bridgehead atoms. The lowest BCUT2D eigenvalue weighted by atomic mass is 9.78. The molecule has 3 aliphatic heterocycles. The minimum Gasteiger partial charge on any atom is -0.460 e. The fourth-order valence-corrected chi connectivity index (χ4v) is 11.1. The second-order valence-corrected chi connectivity index (χ2v) is 22.6. The monoisotopic (exact) mass is 1150 g/mol. The minimum atomic E-state index is -2.51. The van der Waals surface area contributed by atoms with Crippen molar-refractivity contribution < 1.29 is 102 Å². The van der Waals surface area contributed by atoms with Crippen molar-refractivity contribution in [3.63, 3.8) is 0 Å². The summed E-state index contributed by atoms with van der Waals surface area (Å²) in [4.78, 5) is 99.2. The third-order valence-corrected chi connectivity index (χ3v) is 16.1. The highest BCUT2D eigenvalue weighted by atomic mass is 16.7. The zero-order valence-corrected chi connectivity index (χ0v) is 48.9. The van der Waals surface area contributed by atoms with Gasteiger partial charge in [-0.25, -0.2) is 14.4 Å². The standard InChI is InChI=1S/C59H91NO21/c1-34-16-12-11-13-17-35(2)48(73-8)28-44-21-19-40(7)59(72,81-44)54(67)55(68)60-23-15-14-18-45(60)56(69)78-49(37(4)26-41-20-22-47(50(27-41)74-9)79-57(70)76-32-42(63)30-61)29-46(65)36(3)25-39(6)52(53(75-10)51(66)38(5)24-34)80-58(71)77-33-43(64)31-62/h11-13,16-17,25,34,36-38,40-45,47-50,52-53,61-64,72H,14-15,18-24,26-33H2,1-10H3/t34-,36-,37-,38-,40-,41+,42?,43?,44?,45?,47-,48+,49+,50-,52-,53+,59-/m1/s1.